The lowest BCUT2D eigenvalue weighted by atomic mass is 10.1. The van der Waals surface area contributed by atoms with E-state index < -0.39 is 0 Å². The third-order valence-electron chi connectivity index (χ3n) is 4.21. The second-order valence-corrected chi connectivity index (χ2v) is 5.88. The molecule has 0 spiro atoms. The molecule has 3 heterocycles. The third kappa shape index (κ3) is 2.73. The van der Waals surface area contributed by atoms with E-state index in [0.717, 1.165) is 48.7 Å². The molecule has 22 heavy (non-hydrogen) atoms. The molecule has 0 bridgehead atoms. The van der Waals surface area contributed by atoms with Crippen molar-refractivity contribution in [2.24, 2.45) is 0 Å². The number of nitrogens with zero attached hydrogens (tertiary/aromatic N) is 4. The lowest BCUT2D eigenvalue weighted by molar-refractivity contribution is 0.0932. The molecule has 1 N–H and O–H groups in total. The van der Waals surface area contributed by atoms with E-state index in [1.54, 1.807) is 6.07 Å². The van der Waals surface area contributed by atoms with Gasteiger partial charge in [-0.3, -0.25) is 4.79 Å². The summed E-state index contributed by atoms with van der Waals surface area (Å²) >= 11 is 0. The minimum Gasteiger partial charge on any atom is -0.341 e. The summed E-state index contributed by atoms with van der Waals surface area (Å²) in [5.41, 5.74) is 2.39. The topological polar surface area (TPSA) is 72.7 Å². The molecule has 6 nitrogen and oxygen atoms in total. The largest absolute Gasteiger partial charge is 0.341 e. The number of pyridine rings is 1. The highest BCUT2D eigenvalue weighted by Crippen LogP contribution is 2.19. The van der Waals surface area contributed by atoms with Gasteiger partial charge in [0.1, 0.15) is 11.5 Å². The molecule has 0 fully saturated rings. The average Bonchev–Trinajstić information content (AvgIpc) is 2.94. The minimum atomic E-state index is -0.185. The summed E-state index contributed by atoms with van der Waals surface area (Å²) in [6.07, 6.45) is 3.26. The Labute approximate surface area is 130 Å². The van der Waals surface area contributed by atoms with Crippen LogP contribution in [0.2, 0.25) is 0 Å². The molecule has 3 rings (SSSR count). The predicted octanol–water partition coefficient (Wildman–Crippen LogP) is 2.12. The van der Waals surface area contributed by atoms with Crippen LogP contribution in [0.4, 0.5) is 0 Å². The first kappa shape index (κ1) is 14.7. The summed E-state index contributed by atoms with van der Waals surface area (Å²) in [5.74, 6) is 1.67. The number of carbonyl (C=O) groups is 1. The molecule has 0 saturated heterocycles. The summed E-state index contributed by atoms with van der Waals surface area (Å²) in [6.45, 7) is 6.75. The van der Waals surface area contributed by atoms with Gasteiger partial charge in [0.05, 0.1) is 6.04 Å². The van der Waals surface area contributed by atoms with Crippen molar-refractivity contribution in [3.05, 3.63) is 40.7 Å². The molecule has 1 aliphatic heterocycles. The molecule has 0 aliphatic carbocycles. The van der Waals surface area contributed by atoms with Crippen molar-refractivity contribution < 1.29 is 4.79 Å². The summed E-state index contributed by atoms with van der Waals surface area (Å²) in [7, 11) is 0. The summed E-state index contributed by atoms with van der Waals surface area (Å²) in [5, 5.41) is 11.5. The van der Waals surface area contributed by atoms with Crippen molar-refractivity contribution in [3.8, 4) is 0 Å². The van der Waals surface area contributed by atoms with Gasteiger partial charge >= 0.3 is 0 Å². The molecular weight excluding hydrogens is 278 g/mol. The van der Waals surface area contributed by atoms with Crippen LogP contribution in [0.15, 0.2) is 12.1 Å². The van der Waals surface area contributed by atoms with Gasteiger partial charge in [0.25, 0.3) is 5.91 Å². The maximum Gasteiger partial charge on any atom is 0.270 e. The first-order chi connectivity index (χ1) is 10.6. The van der Waals surface area contributed by atoms with Crippen molar-refractivity contribution in [2.45, 2.75) is 52.6 Å². The highest BCUT2D eigenvalue weighted by Gasteiger charge is 2.22. The van der Waals surface area contributed by atoms with Crippen LogP contribution in [0, 0.1) is 13.8 Å². The number of nitrogens with one attached hydrogen (secondary N) is 1. The van der Waals surface area contributed by atoms with Crippen molar-refractivity contribution in [1.82, 2.24) is 25.1 Å². The molecule has 2 aromatic heterocycles. The monoisotopic (exact) mass is 299 g/mol. The fourth-order valence-corrected chi connectivity index (χ4v) is 2.74. The van der Waals surface area contributed by atoms with E-state index in [0.29, 0.717) is 5.69 Å². The Kier molecular flexibility index (Phi) is 3.92. The van der Waals surface area contributed by atoms with E-state index in [2.05, 4.69) is 25.1 Å². The number of carbonyl (C=O) groups excluding carboxylic acids is 1. The molecule has 1 amide bonds. The number of aromatic nitrogens is 4. The van der Waals surface area contributed by atoms with Crippen LogP contribution in [0.1, 0.15) is 59.2 Å². The smallest absolute Gasteiger partial charge is 0.270 e. The van der Waals surface area contributed by atoms with Gasteiger partial charge < -0.3 is 9.88 Å². The van der Waals surface area contributed by atoms with E-state index in [9.17, 15) is 4.79 Å². The fourth-order valence-electron chi connectivity index (χ4n) is 2.74. The Hall–Kier alpha value is -2.24. The van der Waals surface area contributed by atoms with E-state index in [1.165, 1.54) is 0 Å². The van der Waals surface area contributed by atoms with Crippen LogP contribution in [0.3, 0.4) is 0 Å². The molecule has 2 aromatic rings. The highest BCUT2D eigenvalue weighted by molar-refractivity contribution is 5.92. The van der Waals surface area contributed by atoms with E-state index in [1.807, 2.05) is 26.8 Å². The van der Waals surface area contributed by atoms with Gasteiger partial charge in [-0.1, -0.05) is 6.07 Å². The van der Waals surface area contributed by atoms with Crippen molar-refractivity contribution in [2.75, 3.05) is 0 Å². The van der Waals surface area contributed by atoms with E-state index in [-0.39, 0.29) is 11.9 Å². The molecule has 0 saturated carbocycles. The molecule has 1 atom stereocenters. The maximum atomic E-state index is 12.4. The van der Waals surface area contributed by atoms with Gasteiger partial charge in [-0.2, -0.15) is 0 Å². The van der Waals surface area contributed by atoms with Crippen molar-refractivity contribution >= 4 is 5.91 Å². The summed E-state index contributed by atoms with van der Waals surface area (Å²) in [4.78, 5) is 16.7. The van der Waals surface area contributed by atoms with Crippen molar-refractivity contribution in [3.63, 3.8) is 0 Å². The second-order valence-electron chi connectivity index (χ2n) is 5.88. The number of rotatable bonds is 3. The van der Waals surface area contributed by atoms with Crippen LogP contribution in [-0.4, -0.2) is 25.7 Å². The third-order valence-corrected chi connectivity index (χ3v) is 4.21. The van der Waals surface area contributed by atoms with Gasteiger partial charge in [0, 0.05) is 18.7 Å². The zero-order chi connectivity index (χ0) is 15.7. The second kappa shape index (κ2) is 5.87. The fraction of sp³-hybridized carbons (Fsp3) is 0.500. The van der Waals surface area contributed by atoms with E-state index >= 15 is 0 Å². The van der Waals surface area contributed by atoms with Crippen LogP contribution in [0.25, 0.3) is 0 Å². The molecule has 0 radical (unpaired) electrons. The number of amides is 1. The molecule has 0 aromatic carbocycles. The molecule has 6 heteroatoms. The Morgan fingerprint density at radius 1 is 1.27 bits per heavy atom. The lowest BCUT2D eigenvalue weighted by Gasteiger charge is -2.18. The van der Waals surface area contributed by atoms with Gasteiger partial charge in [-0.15, -0.1) is 10.2 Å². The zero-order valence-corrected chi connectivity index (χ0v) is 13.3. The summed E-state index contributed by atoms with van der Waals surface area (Å²) < 4.78 is 2.13. The lowest BCUT2D eigenvalue weighted by Crippen LogP contribution is -2.30. The number of hydrogen-bond acceptors (Lipinski definition) is 4. The quantitative estimate of drug-likeness (QED) is 0.942. The van der Waals surface area contributed by atoms with E-state index in [4.69, 9.17) is 0 Å². The summed E-state index contributed by atoms with van der Waals surface area (Å²) in [6, 6.07) is 3.49. The maximum absolute atomic E-state index is 12.4. The van der Waals surface area contributed by atoms with Crippen LogP contribution in [0.5, 0.6) is 0 Å². The Morgan fingerprint density at radius 3 is 2.86 bits per heavy atom. The Bertz CT molecular complexity index is 707. The zero-order valence-electron chi connectivity index (χ0n) is 13.3. The first-order valence-electron chi connectivity index (χ1n) is 7.73. The molecule has 1 aliphatic rings. The minimum absolute atomic E-state index is 0.177. The molecular formula is C16H21N5O. The number of hydrogen-bond donors (Lipinski definition) is 1. The van der Waals surface area contributed by atoms with Crippen LogP contribution in [-0.2, 0) is 13.0 Å². The van der Waals surface area contributed by atoms with Gasteiger partial charge in [-0.25, -0.2) is 4.98 Å². The SMILES string of the molecule is Cc1ccc(C(=O)NC(C)c2nnc3n2CCCC3)nc1C. The molecule has 1 unspecified atom stereocenters. The predicted molar refractivity (Wildman–Crippen MR) is 82.6 cm³/mol. The normalized spacial score (nSPS) is 15.2. The van der Waals surface area contributed by atoms with Gasteiger partial charge in [-0.05, 0) is 45.2 Å². The van der Waals surface area contributed by atoms with Crippen LogP contribution >= 0.6 is 0 Å². The Morgan fingerprint density at radius 2 is 2.09 bits per heavy atom. The highest BCUT2D eigenvalue weighted by atomic mass is 16.1. The average molecular weight is 299 g/mol. The molecule has 116 valence electrons. The first-order valence-corrected chi connectivity index (χ1v) is 7.73. The van der Waals surface area contributed by atoms with Crippen molar-refractivity contribution in [1.29, 1.82) is 0 Å². The standard InChI is InChI=1S/C16H21N5O/c1-10-7-8-13(17-11(10)2)16(22)18-12(3)15-20-19-14-6-4-5-9-21(14)15/h7-8,12H,4-6,9H2,1-3H3,(H,18,22). The van der Waals surface area contributed by atoms with Crippen LogP contribution < -0.4 is 5.32 Å². The van der Waals surface area contributed by atoms with Gasteiger partial charge in [0.15, 0.2) is 5.82 Å². The van der Waals surface area contributed by atoms with Gasteiger partial charge in [0.2, 0.25) is 0 Å². The number of aryl methyl sites for hydroxylation is 3. The Balaban J connectivity index is 1.76. The number of fused-ring (bicyclic) bond motifs is 1.